The van der Waals surface area contributed by atoms with E-state index in [-0.39, 0.29) is 11.7 Å². The van der Waals surface area contributed by atoms with Gasteiger partial charge in [-0.3, -0.25) is 0 Å². The molecule has 12 heavy (non-hydrogen) atoms. The third-order valence-electron chi connectivity index (χ3n) is 1.46. The number of nitrogens with two attached hydrogens (primary N) is 1. The van der Waals surface area contributed by atoms with Crippen LogP contribution in [0.15, 0.2) is 0 Å². The molecule has 0 aliphatic carbocycles. The fraction of sp³-hybridized carbons (Fsp3) is 0.500. The molecular weight excluding hydrogens is 168 g/mol. The van der Waals surface area contributed by atoms with Crippen LogP contribution in [0, 0.1) is 6.92 Å². The first kappa shape index (κ1) is 8.76. The number of hydrogen-bond acceptors (Lipinski definition) is 3. The van der Waals surface area contributed by atoms with E-state index in [2.05, 4.69) is 9.84 Å². The molecule has 2 N–H and O–H groups in total. The zero-order valence-electron chi connectivity index (χ0n) is 6.71. The van der Waals surface area contributed by atoms with Crippen LogP contribution in [0.5, 0.6) is 5.88 Å². The molecule has 4 nitrogen and oxygen atoms in total. The Morgan fingerprint density at radius 3 is 2.50 bits per heavy atom. The number of nitrogens with zero attached hydrogens (tertiary/aromatic N) is 2. The molecule has 0 saturated heterocycles. The van der Waals surface area contributed by atoms with E-state index in [0.29, 0.717) is 5.56 Å². The maximum atomic E-state index is 11.8. The van der Waals surface area contributed by atoms with Gasteiger partial charge in [0.05, 0.1) is 5.56 Å². The van der Waals surface area contributed by atoms with Crippen LogP contribution in [0.2, 0.25) is 0 Å². The summed E-state index contributed by atoms with van der Waals surface area (Å²) in [7, 11) is 1.49. The largest absolute Gasteiger partial charge is 0.417 e. The Bertz CT molecular complexity index is 285. The van der Waals surface area contributed by atoms with Gasteiger partial charge in [0.1, 0.15) is 0 Å². The van der Waals surface area contributed by atoms with Crippen LogP contribution in [-0.4, -0.2) is 16.4 Å². The second kappa shape index (κ2) is 2.96. The molecule has 0 atom stereocenters. The fourth-order valence-corrected chi connectivity index (χ4v) is 0.883. The fourth-order valence-electron chi connectivity index (χ4n) is 0.883. The second-order valence-corrected chi connectivity index (χ2v) is 2.32. The van der Waals surface area contributed by atoms with Crippen molar-refractivity contribution in [3.05, 3.63) is 5.56 Å². The van der Waals surface area contributed by atoms with Crippen molar-refractivity contribution in [2.75, 3.05) is 5.73 Å². The smallest absolute Gasteiger partial charge is 0.388 e. The summed E-state index contributed by atoms with van der Waals surface area (Å²) in [5.74, 6) is 0.204. The average Bonchev–Trinajstić information content (AvgIpc) is 2.16. The Balaban J connectivity index is 2.97. The van der Waals surface area contributed by atoms with Gasteiger partial charge in [-0.2, -0.15) is 13.9 Å². The molecule has 6 heteroatoms. The monoisotopic (exact) mass is 177 g/mol. The topological polar surface area (TPSA) is 53.1 Å². The van der Waals surface area contributed by atoms with E-state index in [9.17, 15) is 8.78 Å². The van der Waals surface area contributed by atoms with Gasteiger partial charge in [-0.25, -0.2) is 4.68 Å². The van der Waals surface area contributed by atoms with Gasteiger partial charge in [0.25, 0.3) is 0 Å². The molecule has 0 unspecified atom stereocenters. The molecule has 1 aromatic rings. The summed E-state index contributed by atoms with van der Waals surface area (Å²) in [6.07, 6.45) is 0. The quantitative estimate of drug-likeness (QED) is 0.730. The van der Waals surface area contributed by atoms with E-state index in [1.807, 2.05) is 0 Å². The van der Waals surface area contributed by atoms with Gasteiger partial charge in [0, 0.05) is 7.05 Å². The molecule has 68 valence electrons. The summed E-state index contributed by atoms with van der Waals surface area (Å²) in [5, 5.41) is 3.70. The van der Waals surface area contributed by atoms with Gasteiger partial charge in [-0.05, 0) is 6.92 Å². The molecular formula is C6H9F2N3O. The summed E-state index contributed by atoms with van der Waals surface area (Å²) in [6.45, 7) is -1.28. The van der Waals surface area contributed by atoms with E-state index in [1.165, 1.54) is 11.7 Å². The number of nitrogen functional groups attached to an aromatic ring is 1. The first-order chi connectivity index (χ1) is 5.52. The minimum Gasteiger partial charge on any atom is -0.417 e. The predicted octanol–water partition coefficient (Wildman–Crippen LogP) is 0.912. The highest BCUT2D eigenvalue weighted by molar-refractivity contribution is 5.44. The van der Waals surface area contributed by atoms with Gasteiger partial charge in [0.2, 0.25) is 5.88 Å². The number of ether oxygens (including phenoxy) is 1. The highest BCUT2D eigenvalue weighted by Gasteiger charge is 2.14. The van der Waals surface area contributed by atoms with Crippen LogP contribution in [0.1, 0.15) is 5.56 Å². The second-order valence-electron chi connectivity index (χ2n) is 2.32. The zero-order valence-corrected chi connectivity index (χ0v) is 6.71. The Hall–Kier alpha value is -1.33. The number of rotatable bonds is 2. The SMILES string of the molecule is Cc1c(N)nn(C)c1OC(F)F. The third-order valence-corrected chi connectivity index (χ3v) is 1.46. The molecule has 1 rings (SSSR count). The Morgan fingerprint density at radius 2 is 2.17 bits per heavy atom. The highest BCUT2D eigenvalue weighted by atomic mass is 19.3. The molecule has 1 heterocycles. The molecule has 0 amide bonds. The average molecular weight is 177 g/mol. The van der Waals surface area contributed by atoms with Gasteiger partial charge in [-0.15, -0.1) is 0 Å². The van der Waals surface area contributed by atoms with Crippen molar-refractivity contribution in [1.29, 1.82) is 0 Å². The lowest BCUT2D eigenvalue weighted by molar-refractivity contribution is -0.0557. The van der Waals surface area contributed by atoms with Crippen molar-refractivity contribution in [3.63, 3.8) is 0 Å². The standard InChI is InChI=1S/C6H9F2N3O/c1-3-4(9)10-11(2)5(3)12-6(7)8/h6H,1-2H3,(H2,9,10). The van der Waals surface area contributed by atoms with Crippen LogP contribution in [0.25, 0.3) is 0 Å². The molecule has 0 spiro atoms. The minimum absolute atomic E-state index is 0.00231. The van der Waals surface area contributed by atoms with Gasteiger partial charge >= 0.3 is 6.61 Å². The molecule has 0 aliphatic rings. The number of anilines is 1. The summed E-state index contributed by atoms with van der Waals surface area (Å²) in [5.41, 5.74) is 5.79. The summed E-state index contributed by atoms with van der Waals surface area (Å²) >= 11 is 0. The van der Waals surface area contributed by atoms with Crippen molar-refractivity contribution in [3.8, 4) is 5.88 Å². The van der Waals surface area contributed by atoms with Crippen LogP contribution >= 0.6 is 0 Å². The van der Waals surface area contributed by atoms with E-state index in [0.717, 1.165) is 0 Å². The Morgan fingerprint density at radius 1 is 1.58 bits per heavy atom. The van der Waals surface area contributed by atoms with Crippen LogP contribution < -0.4 is 10.5 Å². The molecule has 0 aromatic carbocycles. The van der Waals surface area contributed by atoms with E-state index in [4.69, 9.17) is 5.73 Å². The first-order valence-electron chi connectivity index (χ1n) is 3.26. The lowest BCUT2D eigenvalue weighted by atomic mass is 10.4. The number of hydrogen-bond donors (Lipinski definition) is 1. The Labute approximate surface area is 67.9 Å². The molecule has 0 saturated carbocycles. The van der Waals surface area contributed by atoms with Crippen molar-refractivity contribution in [2.24, 2.45) is 7.05 Å². The first-order valence-corrected chi connectivity index (χ1v) is 3.26. The maximum Gasteiger partial charge on any atom is 0.388 e. The number of halogens is 2. The van der Waals surface area contributed by atoms with Gasteiger partial charge in [-0.1, -0.05) is 0 Å². The van der Waals surface area contributed by atoms with Crippen molar-refractivity contribution >= 4 is 5.82 Å². The van der Waals surface area contributed by atoms with Crippen molar-refractivity contribution in [2.45, 2.75) is 13.5 Å². The molecule has 0 radical (unpaired) electrons. The normalized spacial score (nSPS) is 10.8. The minimum atomic E-state index is -2.85. The van der Waals surface area contributed by atoms with Crippen LogP contribution in [-0.2, 0) is 7.05 Å². The van der Waals surface area contributed by atoms with Gasteiger partial charge in [0.15, 0.2) is 5.82 Å². The van der Waals surface area contributed by atoms with Gasteiger partial charge < -0.3 is 10.5 Å². The lowest BCUT2D eigenvalue weighted by Gasteiger charge is -2.04. The van der Waals surface area contributed by atoms with Crippen LogP contribution in [0.3, 0.4) is 0 Å². The predicted molar refractivity (Wildman–Crippen MR) is 39.0 cm³/mol. The summed E-state index contributed by atoms with van der Waals surface area (Å²) in [4.78, 5) is 0. The zero-order chi connectivity index (χ0) is 9.30. The molecule has 0 fully saturated rings. The maximum absolute atomic E-state index is 11.8. The number of aromatic nitrogens is 2. The number of aryl methyl sites for hydroxylation is 1. The van der Waals surface area contributed by atoms with E-state index in [1.54, 1.807) is 6.92 Å². The summed E-state index contributed by atoms with van der Waals surface area (Å²) < 4.78 is 28.9. The third kappa shape index (κ3) is 1.46. The summed E-state index contributed by atoms with van der Waals surface area (Å²) in [6, 6.07) is 0. The Kier molecular flexibility index (Phi) is 2.16. The van der Waals surface area contributed by atoms with E-state index < -0.39 is 6.61 Å². The molecule has 0 aliphatic heterocycles. The van der Waals surface area contributed by atoms with Crippen molar-refractivity contribution < 1.29 is 13.5 Å². The number of alkyl halides is 2. The molecule has 1 aromatic heterocycles. The van der Waals surface area contributed by atoms with Crippen LogP contribution in [0.4, 0.5) is 14.6 Å². The highest BCUT2D eigenvalue weighted by Crippen LogP contribution is 2.23. The molecule has 0 bridgehead atoms. The van der Waals surface area contributed by atoms with E-state index >= 15 is 0 Å². The van der Waals surface area contributed by atoms with Crippen molar-refractivity contribution in [1.82, 2.24) is 9.78 Å². The lowest BCUT2D eigenvalue weighted by Crippen LogP contribution is -2.06.